The molecule has 0 fully saturated rings. The normalized spacial score (nSPS) is 10.5. The van der Waals surface area contributed by atoms with Gasteiger partial charge < -0.3 is 9.47 Å². The highest BCUT2D eigenvalue weighted by atomic mass is 79.9. The van der Waals surface area contributed by atoms with Gasteiger partial charge in [0.1, 0.15) is 11.5 Å². The number of amides is 2. The van der Waals surface area contributed by atoms with Crippen LogP contribution in [0.25, 0.3) is 11.1 Å². The molecule has 0 saturated carbocycles. The molecular weight excluding hydrogens is 472 g/mol. The first-order chi connectivity index (χ1) is 15.4. The molecule has 0 aliphatic carbocycles. The van der Waals surface area contributed by atoms with Gasteiger partial charge in [0.25, 0.3) is 11.8 Å². The Morgan fingerprint density at radius 3 is 2.03 bits per heavy atom. The van der Waals surface area contributed by atoms with Crippen LogP contribution in [0.4, 0.5) is 0 Å². The molecule has 0 saturated heterocycles. The van der Waals surface area contributed by atoms with Crippen molar-refractivity contribution in [2.24, 2.45) is 0 Å². The van der Waals surface area contributed by atoms with Crippen molar-refractivity contribution in [1.29, 1.82) is 0 Å². The Labute approximate surface area is 196 Å². The fourth-order valence-electron chi connectivity index (χ4n) is 2.98. The number of carbonyl (C=O) groups excluding carboxylic acids is 2. The molecule has 2 amide bonds. The summed E-state index contributed by atoms with van der Waals surface area (Å²) in [5.41, 5.74) is 7.80. The van der Waals surface area contributed by atoms with Gasteiger partial charge in [-0.05, 0) is 52.9 Å². The van der Waals surface area contributed by atoms with Crippen molar-refractivity contribution in [2.75, 3.05) is 13.2 Å². The van der Waals surface area contributed by atoms with Gasteiger partial charge in [-0.2, -0.15) is 0 Å². The highest BCUT2D eigenvalue weighted by Crippen LogP contribution is 2.29. The molecule has 6 nitrogen and oxygen atoms in total. The van der Waals surface area contributed by atoms with Crippen molar-refractivity contribution in [3.8, 4) is 22.6 Å². The molecule has 0 radical (unpaired) electrons. The molecule has 0 spiro atoms. The average molecular weight is 497 g/mol. The highest BCUT2D eigenvalue weighted by Gasteiger charge is 2.11. The third-order valence-corrected chi connectivity index (χ3v) is 5.12. The van der Waals surface area contributed by atoms with Crippen LogP contribution in [0, 0.1) is 0 Å². The van der Waals surface area contributed by atoms with Crippen LogP contribution in [-0.2, 0) is 9.59 Å². The number of hydrogen-bond donors (Lipinski definition) is 2. The molecule has 0 atom stereocenters. The lowest BCUT2D eigenvalue weighted by Crippen LogP contribution is -2.45. The molecule has 0 bridgehead atoms. The monoisotopic (exact) mass is 496 g/mol. The van der Waals surface area contributed by atoms with Crippen molar-refractivity contribution in [3.05, 3.63) is 82.8 Å². The number of benzene rings is 3. The summed E-state index contributed by atoms with van der Waals surface area (Å²) in [6.45, 7) is 3.65. The summed E-state index contributed by atoms with van der Waals surface area (Å²) in [6, 6.07) is 23.0. The largest absolute Gasteiger partial charge is 0.484 e. The molecule has 0 aliphatic rings. The van der Waals surface area contributed by atoms with Gasteiger partial charge >= 0.3 is 0 Å². The summed E-state index contributed by atoms with van der Waals surface area (Å²) >= 11 is 3.44. The van der Waals surface area contributed by atoms with Crippen molar-refractivity contribution >= 4 is 27.7 Å². The zero-order valence-corrected chi connectivity index (χ0v) is 19.5. The van der Waals surface area contributed by atoms with Crippen molar-refractivity contribution < 1.29 is 19.1 Å². The Bertz CT molecular complexity index is 1050. The molecule has 0 unspecified atom stereocenters. The standard InChI is InChI=1S/C25H25BrN2O4/c1-17(2)22-14-20(26)10-13-23(22)32-16-25(30)28-27-24(29)15-31-21-11-8-19(9-12-21)18-6-4-3-5-7-18/h3-14,17H,15-16H2,1-2H3,(H,27,29)(H,28,30). The summed E-state index contributed by atoms with van der Waals surface area (Å²) in [7, 11) is 0. The molecule has 0 aliphatic heterocycles. The van der Waals surface area contributed by atoms with Gasteiger partial charge in [0.15, 0.2) is 13.2 Å². The maximum absolute atomic E-state index is 12.0. The second kappa shape index (κ2) is 11.3. The number of carbonyl (C=O) groups is 2. The van der Waals surface area contributed by atoms with E-state index in [1.54, 1.807) is 12.1 Å². The fourth-order valence-corrected chi connectivity index (χ4v) is 3.36. The van der Waals surface area contributed by atoms with Gasteiger partial charge in [-0.1, -0.05) is 72.2 Å². The van der Waals surface area contributed by atoms with Gasteiger partial charge in [-0.15, -0.1) is 0 Å². The van der Waals surface area contributed by atoms with Crippen LogP contribution in [0.1, 0.15) is 25.3 Å². The maximum atomic E-state index is 12.0. The molecule has 3 aromatic carbocycles. The SMILES string of the molecule is CC(C)c1cc(Br)ccc1OCC(=O)NNC(=O)COc1ccc(-c2ccccc2)cc1. The summed E-state index contributed by atoms with van der Waals surface area (Å²) < 4.78 is 12.0. The molecule has 0 aromatic heterocycles. The third-order valence-electron chi connectivity index (χ3n) is 4.63. The second-order valence-corrected chi connectivity index (χ2v) is 8.32. The van der Waals surface area contributed by atoms with Crippen molar-refractivity contribution in [3.63, 3.8) is 0 Å². The van der Waals surface area contributed by atoms with E-state index in [1.807, 2.05) is 74.5 Å². The van der Waals surface area contributed by atoms with E-state index in [-0.39, 0.29) is 19.1 Å². The van der Waals surface area contributed by atoms with Crippen LogP contribution in [0.5, 0.6) is 11.5 Å². The minimum atomic E-state index is -0.475. The van der Waals surface area contributed by atoms with Gasteiger partial charge in [0, 0.05) is 4.47 Å². The lowest BCUT2D eigenvalue weighted by molar-refractivity contribution is -0.131. The first-order valence-electron chi connectivity index (χ1n) is 10.2. The van der Waals surface area contributed by atoms with E-state index in [9.17, 15) is 9.59 Å². The Morgan fingerprint density at radius 1 is 0.812 bits per heavy atom. The molecule has 2 N–H and O–H groups in total. The van der Waals surface area contributed by atoms with Crippen LogP contribution >= 0.6 is 15.9 Å². The number of ether oxygens (including phenoxy) is 2. The zero-order valence-electron chi connectivity index (χ0n) is 17.9. The van der Waals surface area contributed by atoms with Crippen molar-refractivity contribution in [2.45, 2.75) is 19.8 Å². The molecule has 3 rings (SSSR count). The predicted octanol–water partition coefficient (Wildman–Crippen LogP) is 4.84. The summed E-state index contributed by atoms with van der Waals surface area (Å²) in [6.07, 6.45) is 0. The maximum Gasteiger partial charge on any atom is 0.276 e. The first kappa shape index (κ1) is 23.3. The summed E-state index contributed by atoms with van der Waals surface area (Å²) in [5.74, 6) is 0.488. The van der Waals surface area contributed by atoms with E-state index in [0.29, 0.717) is 11.5 Å². The van der Waals surface area contributed by atoms with Crippen LogP contribution in [0.3, 0.4) is 0 Å². The third kappa shape index (κ3) is 6.85. The molecule has 0 heterocycles. The molecular formula is C25H25BrN2O4. The number of hydrogen-bond acceptors (Lipinski definition) is 4. The minimum absolute atomic E-state index is 0.219. The van der Waals surface area contributed by atoms with Crippen LogP contribution in [0.2, 0.25) is 0 Å². The second-order valence-electron chi connectivity index (χ2n) is 7.40. The first-order valence-corrected chi connectivity index (χ1v) is 11.0. The van der Waals surface area contributed by atoms with Gasteiger partial charge in [-0.3, -0.25) is 20.4 Å². The van der Waals surface area contributed by atoms with Crippen LogP contribution in [-0.4, -0.2) is 25.0 Å². The number of nitrogens with one attached hydrogen (secondary N) is 2. The fraction of sp³-hybridized carbons (Fsp3) is 0.200. The van der Waals surface area contributed by atoms with E-state index in [4.69, 9.17) is 9.47 Å². The predicted molar refractivity (Wildman–Crippen MR) is 127 cm³/mol. The lowest BCUT2D eigenvalue weighted by atomic mass is 10.0. The number of rotatable bonds is 8. The molecule has 3 aromatic rings. The van der Waals surface area contributed by atoms with E-state index in [2.05, 4.69) is 26.8 Å². The zero-order chi connectivity index (χ0) is 22.9. The Kier molecular flexibility index (Phi) is 8.27. The minimum Gasteiger partial charge on any atom is -0.484 e. The van der Waals surface area contributed by atoms with E-state index >= 15 is 0 Å². The molecule has 7 heteroatoms. The Balaban J connectivity index is 1.41. The topological polar surface area (TPSA) is 76.7 Å². The quantitative estimate of drug-likeness (QED) is 0.437. The molecule has 166 valence electrons. The Morgan fingerprint density at radius 2 is 1.41 bits per heavy atom. The van der Waals surface area contributed by atoms with E-state index < -0.39 is 11.8 Å². The van der Waals surface area contributed by atoms with E-state index in [1.165, 1.54) is 0 Å². The highest BCUT2D eigenvalue weighted by molar-refractivity contribution is 9.10. The smallest absolute Gasteiger partial charge is 0.276 e. The average Bonchev–Trinajstić information content (AvgIpc) is 2.81. The summed E-state index contributed by atoms with van der Waals surface area (Å²) in [5, 5.41) is 0. The Hall–Kier alpha value is -3.32. The van der Waals surface area contributed by atoms with Crippen LogP contribution in [0.15, 0.2) is 77.3 Å². The van der Waals surface area contributed by atoms with Gasteiger partial charge in [0.2, 0.25) is 0 Å². The number of halogens is 1. The molecule has 32 heavy (non-hydrogen) atoms. The van der Waals surface area contributed by atoms with Crippen LogP contribution < -0.4 is 20.3 Å². The summed E-state index contributed by atoms with van der Waals surface area (Å²) in [4.78, 5) is 24.0. The van der Waals surface area contributed by atoms with Gasteiger partial charge in [-0.25, -0.2) is 0 Å². The number of hydrazine groups is 1. The van der Waals surface area contributed by atoms with Crippen molar-refractivity contribution in [1.82, 2.24) is 10.9 Å². The van der Waals surface area contributed by atoms with E-state index in [0.717, 1.165) is 21.2 Å². The van der Waals surface area contributed by atoms with Gasteiger partial charge in [0.05, 0.1) is 0 Å². The lowest BCUT2D eigenvalue weighted by Gasteiger charge is -2.14.